The van der Waals surface area contributed by atoms with Crippen LogP contribution in [0.4, 0.5) is 4.39 Å². The van der Waals surface area contributed by atoms with Crippen molar-refractivity contribution < 1.29 is 18.7 Å². The molecule has 0 aliphatic heterocycles. The second kappa shape index (κ2) is 4.50. The molecule has 0 N–H and O–H groups in total. The van der Waals surface area contributed by atoms with Gasteiger partial charge in [-0.25, -0.2) is 9.18 Å². The molecule has 76 valence electrons. The van der Waals surface area contributed by atoms with Crippen molar-refractivity contribution in [2.24, 2.45) is 0 Å². The van der Waals surface area contributed by atoms with Crippen LogP contribution in [0.25, 0.3) is 0 Å². The zero-order valence-corrected chi connectivity index (χ0v) is 9.01. The first-order valence-electron chi connectivity index (χ1n) is 3.90. The molecular weight excluding hydrogens is 255 g/mol. The number of ether oxygens (including phenoxy) is 1. The van der Waals surface area contributed by atoms with Gasteiger partial charge in [0.05, 0.1) is 7.11 Å². The van der Waals surface area contributed by atoms with Crippen LogP contribution in [-0.2, 0) is 14.3 Å². The average Bonchev–Trinajstić information content (AvgIpc) is 2.19. The third-order valence-electron chi connectivity index (χ3n) is 1.78. The Hall–Kier alpha value is -0.970. The third kappa shape index (κ3) is 2.29. The first-order valence-corrected chi connectivity index (χ1v) is 4.69. The summed E-state index contributed by atoms with van der Waals surface area (Å²) in [5.74, 6) is -1.97. The maximum absolute atomic E-state index is 13.2. The van der Waals surface area contributed by atoms with Gasteiger partial charge in [-0.2, -0.15) is 0 Å². The number of ketones is 1. The normalized spacial score (nSPS) is 20.9. The topological polar surface area (TPSA) is 43.4 Å². The third-order valence-corrected chi connectivity index (χ3v) is 2.34. The van der Waals surface area contributed by atoms with Crippen LogP contribution in [0.2, 0.25) is 0 Å². The Balaban J connectivity index is 2.91. The van der Waals surface area contributed by atoms with Crippen LogP contribution in [0.15, 0.2) is 22.2 Å². The van der Waals surface area contributed by atoms with Crippen LogP contribution in [0.1, 0.15) is 6.42 Å². The molecule has 3 nitrogen and oxygen atoms in total. The molecule has 14 heavy (non-hydrogen) atoms. The minimum absolute atomic E-state index is 0.0924. The molecule has 0 radical (unpaired) electrons. The summed E-state index contributed by atoms with van der Waals surface area (Å²) in [7, 11) is 1.09. The predicted octanol–water partition coefficient (Wildman–Crippen LogP) is 1.68. The number of hydrogen-bond donors (Lipinski definition) is 0. The largest absolute Gasteiger partial charge is 0.463 e. The summed E-state index contributed by atoms with van der Waals surface area (Å²) in [6.07, 6.45) is 1.56. The lowest BCUT2D eigenvalue weighted by molar-refractivity contribution is -0.150. The number of esters is 1. The molecule has 0 heterocycles. The van der Waals surface area contributed by atoms with Crippen molar-refractivity contribution in [3.8, 4) is 0 Å². The molecular formula is C9H8BrFO3. The maximum atomic E-state index is 13.2. The van der Waals surface area contributed by atoms with Gasteiger partial charge >= 0.3 is 5.97 Å². The zero-order chi connectivity index (χ0) is 10.7. The number of rotatable bonds is 2. The minimum Gasteiger partial charge on any atom is -0.463 e. The Labute approximate surface area is 88.7 Å². The highest BCUT2D eigenvalue weighted by atomic mass is 79.9. The average molecular weight is 263 g/mol. The monoisotopic (exact) mass is 262 g/mol. The number of methoxy groups -OCH3 is 1. The molecule has 1 unspecified atom stereocenters. The SMILES string of the molecule is COC(=O)C(=O)C1=CC(Br)=CCC1F. The number of Topliss-reactive ketones (excluding diaryl/α,β-unsaturated/α-hetero) is 1. The van der Waals surface area contributed by atoms with Crippen molar-refractivity contribution >= 4 is 27.7 Å². The van der Waals surface area contributed by atoms with Crippen LogP contribution in [-0.4, -0.2) is 25.0 Å². The molecule has 0 saturated heterocycles. The van der Waals surface area contributed by atoms with E-state index in [1.807, 2.05) is 0 Å². The molecule has 0 fully saturated rings. The predicted molar refractivity (Wildman–Crippen MR) is 51.6 cm³/mol. The second-order valence-corrected chi connectivity index (χ2v) is 3.63. The van der Waals surface area contributed by atoms with Gasteiger partial charge in [0.15, 0.2) is 0 Å². The van der Waals surface area contributed by atoms with Crippen molar-refractivity contribution in [2.75, 3.05) is 7.11 Å². The van der Waals surface area contributed by atoms with Crippen molar-refractivity contribution in [2.45, 2.75) is 12.6 Å². The Kier molecular flexibility index (Phi) is 3.57. The van der Waals surface area contributed by atoms with Crippen LogP contribution >= 0.6 is 15.9 Å². The van der Waals surface area contributed by atoms with Crippen molar-refractivity contribution in [3.63, 3.8) is 0 Å². The molecule has 1 aliphatic rings. The standard InChI is InChI=1S/C9H8BrFO3/c1-14-9(13)8(12)6-4-5(10)2-3-7(6)11/h2,4,7H,3H2,1H3. The summed E-state index contributed by atoms with van der Waals surface area (Å²) in [6.45, 7) is 0. The van der Waals surface area contributed by atoms with Crippen LogP contribution in [0.3, 0.4) is 0 Å². The molecule has 5 heteroatoms. The fourth-order valence-electron chi connectivity index (χ4n) is 1.06. The molecule has 0 amide bonds. The molecule has 0 saturated carbocycles. The summed E-state index contributed by atoms with van der Waals surface area (Å²) in [5, 5.41) is 0. The van der Waals surface area contributed by atoms with Crippen molar-refractivity contribution in [1.29, 1.82) is 0 Å². The van der Waals surface area contributed by atoms with Gasteiger partial charge < -0.3 is 4.74 Å². The van der Waals surface area contributed by atoms with Gasteiger partial charge in [-0.3, -0.25) is 4.79 Å². The molecule has 1 aliphatic carbocycles. The van der Waals surface area contributed by atoms with E-state index in [1.54, 1.807) is 6.08 Å². The molecule has 0 aromatic heterocycles. The Morgan fingerprint density at radius 2 is 2.29 bits per heavy atom. The fourth-order valence-corrected chi connectivity index (χ4v) is 1.49. The maximum Gasteiger partial charge on any atom is 0.379 e. The molecule has 1 rings (SSSR count). The molecule has 0 spiro atoms. The van der Waals surface area contributed by atoms with E-state index in [-0.39, 0.29) is 12.0 Å². The highest BCUT2D eigenvalue weighted by Crippen LogP contribution is 2.24. The highest BCUT2D eigenvalue weighted by molar-refractivity contribution is 9.11. The first kappa shape index (κ1) is 11.1. The quantitative estimate of drug-likeness (QED) is 0.562. The van der Waals surface area contributed by atoms with Crippen LogP contribution in [0, 0.1) is 0 Å². The van der Waals surface area contributed by atoms with Gasteiger partial charge in [0.1, 0.15) is 6.17 Å². The number of halogens is 2. The molecule has 0 aromatic rings. The number of allylic oxidation sites excluding steroid dienone is 3. The smallest absolute Gasteiger partial charge is 0.379 e. The lowest BCUT2D eigenvalue weighted by Crippen LogP contribution is -2.24. The fraction of sp³-hybridized carbons (Fsp3) is 0.333. The second-order valence-electron chi connectivity index (χ2n) is 2.71. The van der Waals surface area contributed by atoms with Gasteiger partial charge in [0.25, 0.3) is 5.78 Å². The van der Waals surface area contributed by atoms with E-state index in [0.29, 0.717) is 4.48 Å². The van der Waals surface area contributed by atoms with Gasteiger partial charge in [-0.05, 0) is 6.08 Å². The van der Waals surface area contributed by atoms with Crippen molar-refractivity contribution in [1.82, 2.24) is 0 Å². The van der Waals surface area contributed by atoms with Gasteiger partial charge in [-0.1, -0.05) is 22.0 Å². The number of hydrogen-bond acceptors (Lipinski definition) is 3. The van der Waals surface area contributed by atoms with Crippen LogP contribution in [0.5, 0.6) is 0 Å². The van der Waals surface area contributed by atoms with E-state index in [4.69, 9.17) is 0 Å². The van der Waals surface area contributed by atoms with Gasteiger partial charge in [0.2, 0.25) is 0 Å². The number of carbonyl (C=O) groups excluding carboxylic acids is 2. The minimum atomic E-state index is -1.43. The van der Waals surface area contributed by atoms with E-state index >= 15 is 0 Å². The van der Waals surface area contributed by atoms with Gasteiger partial charge in [0, 0.05) is 16.5 Å². The zero-order valence-electron chi connectivity index (χ0n) is 7.42. The first-order chi connectivity index (χ1) is 6.56. The summed E-state index contributed by atoms with van der Waals surface area (Å²) in [6, 6.07) is 0. The number of carbonyl (C=O) groups is 2. The Morgan fingerprint density at radius 3 is 2.86 bits per heavy atom. The molecule has 0 aromatic carbocycles. The lowest BCUT2D eigenvalue weighted by Gasteiger charge is -2.13. The summed E-state index contributed by atoms with van der Waals surface area (Å²) >= 11 is 3.11. The molecule has 1 atom stereocenters. The highest BCUT2D eigenvalue weighted by Gasteiger charge is 2.28. The van der Waals surface area contributed by atoms with Gasteiger partial charge in [-0.15, -0.1) is 0 Å². The van der Waals surface area contributed by atoms with E-state index < -0.39 is 17.9 Å². The lowest BCUT2D eigenvalue weighted by atomic mass is 9.99. The van der Waals surface area contributed by atoms with E-state index in [1.165, 1.54) is 6.08 Å². The Morgan fingerprint density at radius 1 is 1.64 bits per heavy atom. The Bertz CT molecular complexity index is 333. The molecule has 0 bridgehead atoms. The van der Waals surface area contributed by atoms with E-state index in [0.717, 1.165) is 7.11 Å². The number of alkyl halides is 1. The van der Waals surface area contributed by atoms with E-state index in [9.17, 15) is 14.0 Å². The summed E-state index contributed by atoms with van der Waals surface area (Å²) < 4.78 is 18.0. The summed E-state index contributed by atoms with van der Waals surface area (Å²) in [4.78, 5) is 22.1. The van der Waals surface area contributed by atoms with Crippen LogP contribution < -0.4 is 0 Å². The summed E-state index contributed by atoms with van der Waals surface area (Å²) in [5.41, 5.74) is -0.161. The van der Waals surface area contributed by atoms with Crippen molar-refractivity contribution in [3.05, 3.63) is 22.2 Å². The van der Waals surface area contributed by atoms with E-state index in [2.05, 4.69) is 20.7 Å².